The summed E-state index contributed by atoms with van der Waals surface area (Å²) in [6, 6.07) is 12.3. The van der Waals surface area contributed by atoms with Gasteiger partial charge in [-0.05, 0) is 42.8 Å². The summed E-state index contributed by atoms with van der Waals surface area (Å²) in [4.78, 5) is 16.3. The third-order valence-electron chi connectivity index (χ3n) is 5.20. The minimum absolute atomic E-state index is 0.0631. The highest BCUT2D eigenvalue weighted by atomic mass is 32.2. The highest BCUT2D eigenvalue weighted by Crippen LogP contribution is 2.30. The van der Waals surface area contributed by atoms with Crippen LogP contribution in [0.25, 0.3) is 11.0 Å². The van der Waals surface area contributed by atoms with Crippen molar-refractivity contribution >= 4 is 32.7 Å². The zero-order valence-corrected chi connectivity index (χ0v) is 18.6. The van der Waals surface area contributed by atoms with Crippen LogP contribution in [-0.4, -0.2) is 23.9 Å². The Morgan fingerprint density at radius 3 is 2.32 bits per heavy atom. The smallest absolute Gasteiger partial charge is 0.366 e. The van der Waals surface area contributed by atoms with Gasteiger partial charge in [-0.1, -0.05) is 29.8 Å². The van der Waals surface area contributed by atoms with Crippen molar-refractivity contribution in [1.29, 1.82) is 0 Å². The number of benzene rings is 2. The lowest BCUT2D eigenvalue weighted by molar-refractivity contribution is -0.137. The number of nitrogens with two attached hydrogens (primary N) is 1. The van der Waals surface area contributed by atoms with Gasteiger partial charge < -0.3 is 10.3 Å². The molecule has 2 heterocycles. The number of anilines is 1. The molecule has 0 bridgehead atoms. The van der Waals surface area contributed by atoms with E-state index in [0.29, 0.717) is 16.6 Å². The number of carbonyl (C=O) groups is 1. The number of aryl methyl sites for hydroxylation is 1. The predicted octanol–water partition coefficient (Wildman–Crippen LogP) is 4.31. The van der Waals surface area contributed by atoms with Crippen molar-refractivity contribution in [3.63, 3.8) is 0 Å². The first-order valence-corrected chi connectivity index (χ1v) is 11.5. The Bertz CT molecular complexity index is 1480. The van der Waals surface area contributed by atoms with Crippen LogP contribution < -0.4 is 10.5 Å². The molecule has 7 nitrogen and oxygen atoms in total. The molecule has 0 saturated carbocycles. The molecule has 0 radical (unpaired) electrons. The maximum Gasteiger partial charge on any atom is 0.416 e. The Labute approximate surface area is 193 Å². The van der Waals surface area contributed by atoms with E-state index in [4.69, 9.17) is 5.73 Å². The van der Waals surface area contributed by atoms with E-state index in [-0.39, 0.29) is 22.7 Å². The molecule has 0 spiro atoms. The number of hydrogen-bond donors (Lipinski definition) is 2. The minimum Gasteiger partial charge on any atom is -0.366 e. The van der Waals surface area contributed by atoms with Crippen molar-refractivity contribution in [3.05, 3.63) is 89.2 Å². The highest BCUT2D eigenvalue weighted by Gasteiger charge is 2.30. The van der Waals surface area contributed by atoms with Crippen LogP contribution in [0.15, 0.2) is 71.9 Å². The predicted molar refractivity (Wildman–Crippen MR) is 121 cm³/mol. The van der Waals surface area contributed by atoms with Crippen molar-refractivity contribution in [2.24, 2.45) is 5.73 Å². The second kappa shape index (κ2) is 8.49. The van der Waals surface area contributed by atoms with Crippen molar-refractivity contribution in [3.8, 4) is 0 Å². The van der Waals surface area contributed by atoms with Gasteiger partial charge in [0.15, 0.2) is 0 Å². The molecule has 0 aliphatic rings. The van der Waals surface area contributed by atoms with Crippen LogP contribution in [0.4, 0.5) is 18.9 Å². The van der Waals surface area contributed by atoms with E-state index < -0.39 is 27.7 Å². The molecule has 176 valence electrons. The van der Waals surface area contributed by atoms with Gasteiger partial charge >= 0.3 is 6.18 Å². The molecule has 0 saturated heterocycles. The van der Waals surface area contributed by atoms with Crippen LogP contribution in [-0.2, 0) is 22.7 Å². The molecule has 4 rings (SSSR count). The first-order chi connectivity index (χ1) is 15.9. The Morgan fingerprint density at radius 1 is 1.09 bits per heavy atom. The molecule has 4 aromatic rings. The first-order valence-electron chi connectivity index (χ1n) is 9.98. The zero-order chi connectivity index (χ0) is 24.7. The maximum atomic E-state index is 12.8. The average Bonchev–Trinajstić information content (AvgIpc) is 3.11. The number of aromatic nitrogens is 2. The number of halogens is 3. The van der Waals surface area contributed by atoms with Gasteiger partial charge in [-0.2, -0.15) is 13.2 Å². The quantitative estimate of drug-likeness (QED) is 0.422. The summed E-state index contributed by atoms with van der Waals surface area (Å²) >= 11 is 0. The summed E-state index contributed by atoms with van der Waals surface area (Å²) in [5.74, 6) is -0.753. The fourth-order valence-electron chi connectivity index (χ4n) is 3.47. The molecule has 0 fully saturated rings. The lowest BCUT2D eigenvalue weighted by Gasteiger charge is -2.10. The summed E-state index contributed by atoms with van der Waals surface area (Å²) in [6.45, 7) is 1.96. The van der Waals surface area contributed by atoms with Gasteiger partial charge in [-0.25, -0.2) is 13.4 Å². The van der Waals surface area contributed by atoms with Gasteiger partial charge in [0, 0.05) is 18.1 Å². The van der Waals surface area contributed by atoms with E-state index in [2.05, 4.69) is 9.71 Å². The molecule has 11 heteroatoms. The average molecular weight is 488 g/mol. The van der Waals surface area contributed by atoms with Crippen molar-refractivity contribution in [1.82, 2.24) is 9.55 Å². The van der Waals surface area contributed by atoms with E-state index >= 15 is 0 Å². The second-order valence-corrected chi connectivity index (χ2v) is 9.43. The summed E-state index contributed by atoms with van der Waals surface area (Å²) < 4.78 is 67.8. The monoisotopic (exact) mass is 488 g/mol. The molecular weight excluding hydrogens is 469 g/mol. The number of alkyl halides is 3. The number of amides is 1. The molecule has 1 amide bonds. The van der Waals surface area contributed by atoms with Crippen molar-refractivity contribution < 1.29 is 26.4 Å². The number of sulfonamides is 1. The number of fused-ring (bicyclic) bond motifs is 1. The second-order valence-electron chi connectivity index (χ2n) is 7.74. The number of primary amides is 1. The third kappa shape index (κ3) is 4.74. The van der Waals surface area contributed by atoms with Crippen molar-refractivity contribution in [2.45, 2.75) is 24.5 Å². The number of hydrogen-bond acceptors (Lipinski definition) is 4. The summed E-state index contributed by atoms with van der Waals surface area (Å²) in [6.07, 6.45) is -1.71. The van der Waals surface area contributed by atoms with Gasteiger partial charge in [0.2, 0.25) is 0 Å². The molecule has 0 aliphatic heterocycles. The zero-order valence-electron chi connectivity index (χ0n) is 17.8. The topological polar surface area (TPSA) is 107 Å². The highest BCUT2D eigenvalue weighted by molar-refractivity contribution is 7.92. The Hall–Kier alpha value is -3.86. The molecule has 2 aromatic heterocycles. The van der Waals surface area contributed by atoms with E-state index in [1.54, 1.807) is 16.7 Å². The van der Waals surface area contributed by atoms with E-state index in [0.717, 1.165) is 17.7 Å². The van der Waals surface area contributed by atoms with Crippen LogP contribution in [0.5, 0.6) is 0 Å². The van der Waals surface area contributed by atoms with Gasteiger partial charge in [0.25, 0.3) is 15.9 Å². The number of nitrogens with one attached hydrogen (secondary N) is 1. The molecular formula is C23H19F3N4O3S. The number of nitrogens with zero attached hydrogens (tertiary/aromatic N) is 2. The van der Waals surface area contributed by atoms with Gasteiger partial charge in [-0.3, -0.25) is 9.52 Å². The van der Waals surface area contributed by atoms with Crippen LogP contribution in [0.2, 0.25) is 0 Å². The first kappa shape index (κ1) is 23.3. The summed E-state index contributed by atoms with van der Waals surface area (Å²) in [5, 5.41) is 0.309. The number of rotatable bonds is 6. The fraction of sp³-hybridized carbons (Fsp3) is 0.130. The van der Waals surface area contributed by atoms with Crippen LogP contribution in [0.1, 0.15) is 27.0 Å². The van der Waals surface area contributed by atoms with Gasteiger partial charge in [0.1, 0.15) is 5.65 Å². The molecule has 0 atom stereocenters. The third-order valence-corrected chi connectivity index (χ3v) is 6.59. The summed E-state index contributed by atoms with van der Waals surface area (Å²) in [7, 11) is -3.89. The molecule has 2 aromatic carbocycles. The van der Waals surface area contributed by atoms with Crippen LogP contribution >= 0.6 is 0 Å². The van der Waals surface area contributed by atoms with E-state index in [1.807, 2.05) is 6.92 Å². The number of pyridine rings is 1. The van der Waals surface area contributed by atoms with Gasteiger partial charge in [0.05, 0.1) is 27.9 Å². The lowest BCUT2D eigenvalue weighted by atomic mass is 10.1. The molecule has 34 heavy (non-hydrogen) atoms. The Balaban J connectivity index is 1.67. The lowest BCUT2D eigenvalue weighted by Crippen LogP contribution is -2.13. The Kier molecular flexibility index (Phi) is 5.82. The molecule has 3 N–H and O–H groups in total. The fourth-order valence-corrected chi connectivity index (χ4v) is 4.51. The Morgan fingerprint density at radius 2 is 1.74 bits per heavy atom. The van der Waals surface area contributed by atoms with Crippen LogP contribution in [0, 0.1) is 6.92 Å². The SMILES string of the molecule is Cc1ccc(S(=O)(=O)Nc2cnc3c(c2)c(C(N)=O)cn3Cc2ccc(C(F)(F)F)cc2)cc1. The standard InChI is InChI=1S/C23H19F3N4O3S/c1-14-2-8-18(9-3-14)34(32,33)29-17-10-19-20(21(27)31)13-30(22(19)28-11-17)12-15-4-6-16(7-5-15)23(24,25)26/h2-11,13,29H,12H2,1H3,(H2,27,31). The maximum absolute atomic E-state index is 12.8. The molecule has 0 aliphatic carbocycles. The minimum atomic E-state index is -4.44. The van der Waals surface area contributed by atoms with Gasteiger partial charge in [-0.15, -0.1) is 0 Å². The molecule has 0 unspecified atom stereocenters. The number of carbonyl (C=O) groups excluding carboxylic acids is 1. The normalized spacial score (nSPS) is 12.1. The van der Waals surface area contributed by atoms with Crippen molar-refractivity contribution in [2.75, 3.05) is 4.72 Å². The summed E-state index contributed by atoms with van der Waals surface area (Å²) in [5.41, 5.74) is 6.73. The van der Waals surface area contributed by atoms with E-state index in [9.17, 15) is 26.4 Å². The largest absolute Gasteiger partial charge is 0.416 e. The van der Waals surface area contributed by atoms with E-state index in [1.165, 1.54) is 42.7 Å². The van der Waals surface area contributed by atoms with Crippen LogP contribution in [0.3, 0.4) is 0 Å².